The van der Waals surface area contributed by atoms with E-state index >= 15 is 0 Å². The molecule has 0 spiro atoms. The van der Waals surface area contributed by atoms with Crippen LogP contribution in [0.25, 0.3) is 0 Å². The van der Waals surface area contributed by atoms with Gasteiger partial charge in [-0.2, -0.15) is 4.98 Å². The topological polar surface area (TPSA) is 123 Å². The molecule has 2 heterocycles. The summed E-state index contributed by atoms with van der Waals surface area (Å²) in [5, 5.41) is 6.21. The van der Waals surface area contributed by atoms with Crippen molar-refractivity contribution in [1.82, 2.24) is 15.0 Å². The molecule has 1 amide bonds. The summed E-state index contributed by atoms with van der Waals surface area (Å²) in [4.78, 5) is 36.0. The van der Waals surface area contributed by atoms with Crippen LogP contribution in [-0.2, 0) is 11.2 Å². The average Bonchev–Trinajstić information content (AvgIpc) is 2.72. The van der Waals surface area contributed by atoms with E-state index in [4.69, 9.17) is 5.73 Å². The van der Waals surface area contributed by atoms with Gasteiger partial charge in [-0.15, -0.1) is 0 Å². The summed E-state index contributed by atoms with van der Waals surface area (Å²) in [5.41, 5.74) is 8.05. The zero-order valence-electron chi connectivity index (χ0n) is 15.8. The van der Waals surface area contributed by atoms with Crippen molar-refractivity contribution in [3.8, 4) is 0 Å². The van der Waals surface area contributed by atoms with Gasteiger partial charge in [-0.1, -0.05) is 24.8 Å². The van der Waals surface area contributed by atoms with Gasteiger partial charge in [-0.3, -0.25) is 9.59 Å². The van der Waals surface area contributed by atoms with E-state index in [1.165, 1.54) is 24.4 Å². The molecular formula is C21H20N6O2. The molecule has 2 aromatic heterocycles. The van der Waals surface area contributed by atoms with Crippen molar-refractivity contribution < 1.29 is 9.59 Å². The number of amides is 1. The first kappa shape index (κ1) is 19.7. The highest BCUT2D eigenvalue weighted by atomic mass is 16.1. The number of carbonyl (C=O) groups is 2. The van der Waals surface area contributed by atoms with E-state index in [0.29, 0.717) is 23.1 Å². The van der Waals surface area contributed by atoms with Crippen molar-refractivity contribution in [2.75, 3.05) is 10.6 Å². The number of aryl methyl sites for hydroxylation is 1. The number of ketones is 1. The van der Waals surface area contributed by atoms with Crippen LogP contribution in [-0.4, -0.2) is 26.6 Å². The molecule has 1 aromatic carbocycles. The normalized spacial score (nSPS) is 10.2. The Bertz CT molecular complexity index is 1080. The summed E-state index contributed by atoms with van der Waals surface area (Å²) < 4.78 is 0. The Balaban J connectivity index is 1.85. The van der Waals surface area contributed by atoms with Gasteiger partial charge in [0.1, 0.15) is 11.6 Å². The van der Waals surface area contributed by atoms with Crippen LogP contribution >= 0.6 is 0 Å². The number of hydrogen-bond acceptors (Lipinski definition) is 7. The lowest BCUT2D eigenvalue weighted by molar-refractivity contribution is -0.114. The predicted octanol–water partition coefficient (Wildman–Crippen LogP) is 3.06. The molecule has 0 bridgehead atoms. The number of nitrogens with zero attached hydrogens (tertiary/aromatic N) is 3. The van der Waals surface area contributed by atoms with Gasteiger partial charge in [0.05, 0.1) is 0 Å². The SMILES string of the molecule is C=CC(=O)Cc1ccccc1Nc1nc(Nc2cc(C(N)=O)ccn2)ncc1C. The third-order valence-electron chi connectivity index (χ3n) is 4.12. The number of allylic oxidation sites excluding steroid dienone is 1. The van der Waals surface area contributed by atoms with E-state index in [1.807, 2.05) is 31.2 Å². The highest BCUT2D eigenvalue weighted by Gasteiger charge is 2.10. The van der Waals surface area contributed by atoms with Gasteiger partial charge in [0.25, 0.3) is 0 Å². The molecule has 0 aliphatic rings. The maximum atomic E-state index is 11.8. The molecule has 3 aromatic rings. The number of rotatable bonds is 8. The predicted molar refractivity (Wildman–Crippen MR) is 111 cm³/mol. The zero-order chi connectivity index (χ0) is 20.8. The number of nitrogens with one attached hydrogen (secondary N) is 2. The molecule has 146 valence electrons. The van der Waals surface area contributed by atoms with Gasteiger partial charge in [-0.05, 0) is 36.8 Å². The van der Waals surface area contributed by atoms with E-state index in [2.05, 4.69) is 32.2 Å². The fourth-order valence-electron chi connectivity index (χ4n) is 2.58. The summed E-state index contributed by atoms with van der Waals surface area (Å²) in [5.74, 6) is 0.654. The standard InChI is InChI=1S/C21H20N6O2/c1-3-16(28)10-14-6-4-5-7-17(14)25-20-13(2)12-24-21(27-20)26-18-11-15(19(22)29)8-9-23-18/h3-9,11-12H,1,10H2,2H3,(H2,22,29)(H2,23,24,25,26,27). The third kappa shape index (κ3) is 5.01. The molecule has 0 atom stereocenters. The van der Waals surface area contributed by atoms with E-state index in [-0.39, 0.29) is 12.2 Å². The highest BCUT2D eigenvalue weighted by Crippen LogP contribution is 2.24. The third-order valence-corrected chi connectivity index (χ3v) is 4.12. The number of primary amides is 1. The largest absolute Gasteiger partial charge is 0.366 e. The van der Waals surface area contributed by atoms with Crippen LogP contribution in [0.2, 0.25) is 0 Å². The van der Waals surface area contributed by atoms with Crippen LogP contribution in [0, 0.1) is 6.92 Å². The second-order valence-corrected chi connectivity index (χ2v) is 6.27. The van der Waals surface area contributed by atoms with Crippen molar-refractivity contribution in [3.63, 3.8) is 0 Å². The number of hydrogen-bond donors (Lipinski definition) is 3. The van der Waals surface area contributed by atoms with Crippen molar-refractivity contribution in [1.29, 1.82) is 0 Å². The Kier molecular flexibility index (Phi) is 5.94. The maximum absolute atomic E-state index is 11.8. The Morgan fingerprint density at radius 2 is 1.97 bits per heavy atom. The average molecular weight is 388 g/mol. The lowest BCUT2D eigenvalue weighted by Gasteiger charge is -2.13. The minimum absolute atomic E-state index is 0.0681. The van der Waals surface area contributed by atoms with Gasteiger partial charge < -0.3 is 16.4 Å². The number of para-hydroxylation sites is 1. The van der Waals surface area contributed by atoms with Crippen LogP contribution in [0.4, 0.5) is 23.3 Å². The quantitative estimate of drug-likeness (QED) is 0.507. The van der Waals surface area contributed by atoms with Crippen LogP contribution in [0.15, 0.2) is 61.4 Å². The van der Waals surface area contributed by atoms with Gasteiger partial charge in [0.15, 0.2) is 5.78 Å². The first-order chi connectivity index (χ1) is 14.0. The molecule has 0 aliphatic carbocycles. The molecular weight excluding hydrogens is 368 g/mol. The number of benzene rings is 1. The molecule has 4 N–H and O–H groups in total. The van der Waals surface area contributed by atoms with Crippen LogP contribution < -0.4 is 16.4 Å². The summed E-state index contributed by atoms with van der Waals surface area (Å²) in [6, 6.07) is 10.5. The van der Waals surface area contributed by atoms with Crippen molar-refractivity contribution in [3.05, 3.63) is 78.1 Å². The molecule has 0 saturated heterocycles. The van der Waals surface area contributed by atoms with Gasteiger partial charge in [0.2, 0.25) is 11.9 Å². The van der Waals surface area contributed by atoms with E-state index < -0.39 is 5.91 Å². The lowest BCUT2D eigenvalue weighted by atomic mass is 10.1. The van der Waals surface area contributed by atoms with E-state index in [0.717, 1.165) is 16.8 Å². The molecule has 8 nitrogen and oxygen atoms in total. The van der Waals surface area contributed by atoms with E-state index in [1.54, 1.807) is 6.20 Å². The minimum Gasteiger partial charge on any atom is -0.366 e. The Hall–Kier alpha value is -4.07. The number of carbonyl (C=O) groups excluding carboxylic acids is 2. The van der Waals surface area contributed by atoms with Gasteiger partial charge in [0, 0.05) is 35.6 Å². The first-order valence-electron chi connectivity index (χ1n) is 8.83. The second-order valence-electron chi connectivity index (χ2n) is 6.27. The number of anilines is 4. The molecule has 0 fully saturated rings. The molecule has 0 aliphatic heterocycles. The van der Waals surface area contributed by atoms with Gasteiger partial charge >= 0.3 is 0 Å². The summed E-state index contributed by atoms with van der Waals surface area (Å²) >= 11 is 0. The minimum atomic E-state index is -0.548. The molecule has 0 radical (unpaired) electrons. The molecule has 0 saturated carbocycles. The van der Waals surface area contributed by atoms with Gasteiger partial charge in [-0.25, -0.2) is 9.97 Å². The summed E-state index contributed by atoms with van der Waals surface area (Å²) in [6.07, 6.45) is 4.68. The van der Waals surface area contributed by atoms with Crippen molar-refractivity contribution in [2.45, 2.75) is 13.3 Å². The van der Waals surface area contributed by atoms with Crippen molar-refractivity contribution >= 4 is 35.0 Å². The summed E-state index contributed by atoms with van der Waals surface area (Å²) in [7, 11) is 0. The fourth-order valence-corrected chi connectivity index (χ4v) is 2.58. The zero-order valence-corrected chi connectivity index (χ0v) is 15.8. The first-order valence-corrected chi connectivity index (χ1v) is 8.83. The number of aromatic nitrogens is 3. The Labute approximate surface area is 167 Å². The molecule has 29 heavy (non-hydrogen) atoms. The van der Waals surface area contributed by atoms with E-state index in [9.17, 15) is 9.59 Å². The van der Waals surface area contributed by atoms with Crippen molar-refractivity contribution in [2.24, 2.45) is 5.73 Å². The summed E-state index contributed by atoms with van der Waals surface area (Å²) in [6.45, 7) is 5.39. The lowest BCUT2D eigenvalue weighted by Crippen LogP contribution is -2.11. The van der Waals surface area contributed by atoms with Crippen LogP contribution in [0.3, 0.4) is 0 Å². The maximum Gasteiger partial charge on any atom is 0.248 e. The highest BCUT2D eigenvalue weighted by molar-refractivity contribution is 5.93. The molecule has 3 rings (SSSR count). The Morgan fingerprint density at radius 3 is 2.72 bits per heavy atom. The fraction of sp³-hybridized carbons (Fsp3) is 0.0952. The number of pyridine rings is 1. The number of nitrogens with two attached hydrogens (primary N) is 1. The monoisotopic (exact) mass is 388 g/mol. The smallest absolute Gasteiger partial charge is 0.248 e. The van der Waals surface area contributed by atoms with Crippen LogP contribution in [0.1, 0.15) is 21.5 Å². The van der Waals surface area contributed by atoms with Crippen LogP contribution in [0.5, 0.6) is 0 Å². The molecule has 8 heteroatoms. The Morgan fingerprint density at radius 1 is 1.17 bits per heavy atom. The molecule has 0 unspecified atom stereocenters. The second kappa shape index (κ2) is 8.75.